The molecular formula is C6H8O6. The van der Waals surface area contributed by atoms with Crippen molar-refractivity contribution >= 4 is 17.7 Å². The van der Waals surface area contributed by atoms with E-state index in [1.165, 1.54) is 0 Å². The molecule has 3 N–H and O–H groups in total. The molecule has 0 rings (SSSR count). The first-order valence-corrected chi connectivity index (χ1v) is 3.08. The van der Waals surface area contributed by atoms with E-state index in [0.29, 0.717) is 0 Å². The van der Waals surface area contributed by atoms with Crippen molar-refractivity contribution in [3.63, 3.8) is 0 Å². The van der Waals surface area contributed by atoms with Crippen LogP contribution in [0.4, 0.5) is 0 Å². The molecule has 0 amide bonds. The molecule has 0 aliphatic heterocycles. The topological polar surface area (TPSA) is 112 Å². The predicted molar refractivity (Wildman–Crippen MR) is 35.5 cm³/mol. The summed E-state index contributed by atoms with van der Waals surface area (Å²) in [5.74, 6) is -5.67. The van der Waals surface area contributed by atoms with Crippen molar-refractivity contribution in [3.05, 3.63) is 0 Å². The van der Waals surface area contributed by atoms with Crippen molar-refractivity contribution in [2.24, 2.45) is 5.92 Å². The van der Waals surface area contributed by atoms with Crippen molar-refractivity contribution in [2.45, 2.75) is 6.42 Å². The van der Waals surface area contributed by atoms with E-state index in [2.05, 4.69) is 0 Å². The highest BCUT2D eigenvalue weighted by atomic mass is 16.4. The van der Waals surface area contributed by atoms with Gasteiger partial charge in [0, 0.05) is 0 Å². The summed E-state index contributed by atoms with van der Waals surface area (Å²) < 4.78 is 0. The van der Waals surface area contributed by atoms with E-state index in [1.807, 2.05) is 0 Å². The number of carboxylic acids is 2. The number of carbonyl (C=O) groups is 3. The smallest absolute Gasteiger partial charge is 0.372 e. The molecule has 0 aliphatic carbocycles. The summed E-state index contributed by atoms with van der Waals surface area (Å²) >= 11 is 0. The highest BCUT2D eigenvalue weighted by Crippen LogP contribution is 2.03. The molecule has 0 saturated carbocycles. The number of aliphatic hydroxyl groups excluding tert-OH is 1. The van der Waals surface area contributed by atoms with Gasteiger partial charge in [0.05, 0.1) is 18.9 Å². The maximum absolute atomic E-state index is 10.6. The van der Waals surface area contributed by atoms with Crippen LogP contribution in [0, 0.1) is 5.92 Å². The van der Waals surface area contributed by atoms with Gasteiger partial charge in [0.15, 0.2) is 0 Å². The van der Waals surface area contributed by atoms with Crippen molar-refractivity contribution in [2.75, 3.05) is 6.61 Å². The van der Waals surface area contributed by atoms with Crippen LogP contribution < -0.4 is 0 Å². The molecule has 0 bridgehead atoms. The Labute approximate surface area is 67.4 Å². The zero-order chi connectivity index (χ0) is 9.72. The number of hydrogen-bond acceptors (Lipinski definition) is 4. The summed E-state index contributed by atoms with van der Waals surface area (Å²) in [6, 6.07) is 0. The van der Waals surface area contributed by atoms with E-state index in [1.54, 1.807) is 0 Å². The van der Waals surface area contributed by atoms with Crippen molar-refractivity contribution in [1.82, 2.24) is 0 Å². The third-order valence-corrected chi connectivity index (χ3v) is 1.22. The van der Waals surface area contributed by atoms with Crippen LogP contribution in [0.3, 0.4) is 0 Å². The maximum Gasteiger partial charge on any atom is 0.372 e. The molecule has 0 heterocycles. The largest absolute Gasteiger partial charge is 0.481 e. The molecule has 1 unspecified atom stereocenters. The van der Waals surface area contributed by atoms with E-state index in [-0.39, 0.29) is 0 Å². The number of ketones is 1. The minimum Gasteiger partial charge on any atom is -0.481 e. The Morgan fingerprint density at radius 2 is 1.67 bits per heavy atom. The van der Waals surface area contributed by atoms with Crippen LogP contribution >= 0.6 is 0 Å². The molecule has 6 heteroatoms. The highest BCUT2D eigenvalue weighted by molar-refractivity contribution is 6.33. The fraction of sp³-hybridized carbons (Fsp3) is 0.500. The molecule has 6 nitrogen and oxygen atoms in total. The van der Waals surface area contributed by atoms with Crippen molar-refractivity contribution in [1.29, 1.82) is 0 Å². The van der Waals surface area contributed by atoms with E-state index >= 15 is 0 Å². The van der Waals surface area contributed by atoms with Crippen LogP contribution in [0.15, 0.2) is 0 Å². The van der Waals surface area contributed by atoms with Gasteiger partial charge in [-0.3, -0.25) is 9.59 Å². The number of aliphatic carboxylic acids is 2. The summed E-state index contributed by atoms with van der Waals surface area (Å²) in [7, 11) is 0. The van der Waals surface area contributed by atoms with Crippen molar-refractivity contribution in [3.8, 4) is 0 Å². The highest BCUT2D eigenvalue weighted by Gasteiger charge is 2.26. The first-order valence-electron chi connectivity index (χ1n) is 3.08. The molecule has 0 radical (unpaired) electrons. The molecule has 0 aromatic rings. The summed E-state index contributed by atoms with van der Waals surface area (Å²) in [5.41, 5.74) is 0. The number of carboxylic acid groups (broad SMARTS) is 2. The van der Waals surface area contributed by atoms with Gasteiger partial charge in [0.2, 0.25) is 5.78 Å². The number of carbonyl (C=O) groups excluding carboxylic acids is 1. The Balaban J connectivity index is 4.24. The SMILES string of the molecule is O=C(O)CC(CO)C(=O)C(=O)O. The van der Waals surface area contributed by atoms with Gasteiger partial charge in [-0.15, -0.1) is 0 Å². The van der Waals surface area contributed by atoms with Gasteiger partial charge in [0.25, 0.3) is 0 Å². The fourth-order valence-electron chi connectivity index (χ4n) is 0.626. The van der Waals surface area contributed by atoms with Crippen molar-refractivity contribution < 1.29 is 29.7 Å². The molecule has 0 spiro atoms. The van der Waals surface area contributed by atoms with Crippen LogP contribution in [-0.4, -0.2) is 39.6 Å². The molecule has 0 saturated heterocycles. The van der Waals surface area contributed by atoms with Gasteiger partial charge in [-0.25, -0.2) is 4.79 Å². The van der Waals surface area contributed by atoms with Gasteiger partial charge in [0.1, 0.15) is 0 Å². The molecule has 68 valence electrons. The monoisotopic (exact) mass is 176 g/mol. The Morgan fingerprint density at radius 1 is 1.17 bits per heavy atom. The molecule has 0 aromatic carbocycles. The fourth-order valence-corrected chi connectivity index (χ4v) is 0.626. The minimum atomic E-state index is -1.73. The van der Waals surface area contributed by atoms with Crippen LogP contribution in [-0.2, 0) is 14.4 Å². The zero-order valence-corrected chi connectivity index (χ0v) is 6.06. The Bertz CT molecular complexity index is 208. The van der Waals surface area contributed by atoms with E-state index in [9.17, 15) is 14.4 Å². The number of hydrogen-bond donors (Lipinski definition) is 3. The Hall–Kier alpha value is -1.43. The lowest BCUT2D eigenvalue weighted by Gasteiger charge is -2.05. The average molecular weight is 176 g/mol. The summed E-state index contributed by atoms with van der Waals surface area (Å²) in [4.78, 5) is 30.7. The first-order chi connectivity index (χ1) is 5.49. The third kappa shape index (κ3) is 3.11. The quantitative estimate of drug-likeness (QED) is 0.450. The lowest BCUT2D eigenvalue weighted by molar-refractivity contribution is -0.153. The second kappa shape index (κ2) is 4.45. The number of aliphatic hydroxyl groups is 1. The summed E-state index contributed by atoms with van der Waals surface area (Å²) in [6.45, 7) is -0.766. The van der Waals surface area contributed by atoms with Crippen LogP contribution in [0.5, 0.6) is 0 Å². The summed E-state index contributed by atoms with van der Waals surface area (Å²) in [5, 5.41) is 24.8. The Morgan fingerprint density at radius 3 is 1.92 bits per heavy atom. The summed E-state index contributed by atoms with van der Waals surface area (Å²) in [6.07, 6.45) is -0.665. The second-order valence-electron chi connectivity index (χ2n) is 2.15. The van der Waals surface area contributed by atoms with Gasteiger partial charge >= 0.3 is 11.9 Å². The molecular weight excluding hydrogens is 168 g/mol. The van der Waals surface area contributed by atoms with Crippen LogP contribution in [0.25, 0.3) is 0 Å². The minimum absolute atomic E-state index is 0.665. The number of Topliss-reactive ketones (excluding diaryl/α,β-unsaturated/α-hetero) is 1. The van der Waals surface area contributed by atoms with Gasteiger partial charge < -0.3 is 15.3 Å². The molecule has 12 heavy (non-hydrogen) atoms. The standard InChI is InChI=1S/C6H8O6/c7-2-3(1-4(8)9)5(10)6(11)12/h3,7H,1-2H2,(H,8,9)(H,11,12). The number of rotatable bonds is 5. The lowest BCUT2D eigenvalue weighted by atomic mass is 10.0. The maximum atomic E-state index is 10.6. The first kappa shape index (κ1) is 10.6. The molecule has 0 fully saturated rings. The molecule has 0 aromatic heterocycles. The molecule has 0 aliphatic rings. The van der Waals surface area contributed by atoms with Crippen LogP contribution in [0.2, 0.25) is 0 Å². The van der Waals surface area contributed by atoms with E-state index in [4.69, 9.17) is 15.3 Å². The van der Waals surface area contributed by atoms with Gasteiger partial charge in [-0.1, -0.05) is 0 Å². The van der Waals surface area contributed by atoms with E-state index < -0.39 is 36.7 Å². The average Bonchev–Trinajstić information content (AvgIpc) is 1.98. The Kier molecular flexibility index (Phi) is 3.92. The lowest BCUT2D eigenvalue weighted by Crippen LogP contribution is -2.28. The normalized spacial score (nSPS) is 12.1. The second-order valence-corrected chi connectivity index (χ2v) is 2.15. The molecule has 1 atom stereocenters. The van der Waals surface area contributed by atoms with E-state index in [0.717, 1.165) is 0 Å². The van der Waals surface area contributed by atoms with Gasteiger partial charge in [-0.2, -0.15) is 0 Å². The third-order valence-electron chi connectivity index (χ3n) is 1.22. The predicted octanol–water partition coefficient (Wildman–Crippen LogP) is -1.28. The zero-order valence-electron chi connectivity index (χ0n) is 6.06. The van der Waals surface area contributed by atoms with Crippen LogP contribution in [0.1, 0.15) is 6.42 Å². The van der Waals surface area contributed by atoms with Gasteiger partial charge in [-0.05, 0) is 0 Å².